The van der Waals surface area contributed by atoms with Crippen molar-refractivity contribution < 1.29 is 9.18 Å². The molecule has 178 valence electrons. The van der Waals surface area contributed by atoms with Gasteiger partial charge < -0.3 is 5.32 Å². The molecule has 1 amide bonds. The monoisotopic (exact) mass is 508 g/mol. The van der Waals surface area contributed by atoms with E-state index in [0.717, 1.165) is 16.9 Å². The molecule has 7 nitrogen and oxygen atoms in total. The van der Waals surface area contributed by atoms with Crippen molar-refractivity contribution in [3.05, 3.63) is 101 Å². The van der Waals surface area contributed by atoms with E-state index in [1.165, 1.54) is 24.0 Å². The third-order valence-corrected chi connectivity index (χ3v) is 6.13. The van der Waals surface area contributed by atoms with E-state index < -0.39 is 5.82 Å². The molecule has 0 spiro atoms. The van der Waals surface area contributed by atoms with E-state index in [1.807, 2.05) is 60.0 Å². The SMILES string of the molecule is Cc1cc(Cl)ccc1NCc1nnc(SCC(=O)N/N=C/c2ccccc2F)n1-c1ccccc1. The number of nitrogens with one attached hydrogen (secondary N) is 2. The van der Waals surface area contributed by atoms with Gasteiger partial charge in [0.2, 0.25) is 0 Å². The van der Waals surface area contributed by atoms with Crippen molar-refractivity contribution in [2.45, 2.75) is 18.6 Å². The van der Waals surface area contributed by atoms with Gasteiger partial charge in [0.1, 0.15) is 5.82 Å². The summed E-state index contributed by atoms with van der Waals surface area (Å²) < 4.78 is 15.6. The molecule has 2 N–H and O–H groups in total. The van der Waals surface area contributed by atoms with Crippen LogP contribution in [0.4, 0.5) is 10.1 Å². The van der Waals surface area contributed by atoms with Crippen LogP contribution < -0.4 is 10.7 Å². The molecule has 0 atom stereocenters. The van der Waals surface area contributed by atoms with Crippen LogP contribution >= 0.6 is 23.4 Å². The first kappa shape index (κ1) is 24.4. The summed E-state index contributed by atoms with van der Waals surface area (Å²) in [4.78, 5) is 12.3. The molecule has 0 unspecified atom stereocenters. The number of aryl methyl sites for hydroxylation is 1. The zero-order chi connectivity index (χ0) is 24.6. The van der Waals surface area contributed by atoms with Gasteiger partial charge in [0.15, 0.2) is 11.0 Å². The molecule has 35 heavy (non-hydrogen) atoms. The molecule has 0 fully saturated rings. The smallest absolute Gasteiger partial charge is 0.250 e. The molecule has 0 saturated heterocycles. The zero-order valence-corrected chi connectivity index (χ0v) is 20.4. The highest BCUT2D eigenvalue weighted by Crippen LogP contribution is 2.24. The molecule has 0 radical (unpaired) electrons. The second-order valence-corrected chi connectivity index (χ2v) is 8.86. The molecule has 4 aromatic rings. The number of benzene rings is 3. The van der Waals surface area contributed by atoms with Gasteiger partial charge in [0, 0.05) is 22.0 Å². The molecule has 3 aromatic carbocycles. The fraction of sp³-hybridized carbons (Fsp3) is 0.120. The first-order valence-corrected chi connectivity index (χ1v) is 12.1. The molecule has 0 saturated carbocycles. The van der Waals surface area contributed by atoms with Gasteiger partial charge in [-0.1, -0.05) is 59.8 Å². The Morgan fingerprint density at radius 3 is 2.66 bits per heavy atom. The van der Waals surface area contributed by atoms with Crippen LogP contribution in [0.2, 0.25) is 5.02 Å². The van der Waals surface area contributed by atoms with Crippen molar-refractivity contribution in [3.8, 4) is 5.69 Å². The van der Waals surface area contributed by atoms with Crippen LogP contribution in [-0.4, -0.2) is 32.6 Å². The number of para-hydroxylation sites is 1. The number of halogens is 2. The van der Waals surface area contributed by atoms with E-state index >= 15 is 0 Å². The number of rotatable bonds is 9. The maximum atomic E-state index is 13.7. The lowest BCUT2D eigenvalue weighted by Crippen LogP contribution is -2.20. The summed E-state index contributed by atoms with van der Waals surface area (Å²) in [5.74, 6) is -0.0120. The summed E-state index contributed by atoms with van der Waals surface area (Å²) in [6.07, 6.45) is 1.27. The molecule has 0 aliphatic rings. The lowest BCUT2D eigenvalue weighted by atomic mass is 10.2. The zero-order valence-electron chi connectivity index (χ0n) is 18.8. The Hall–Kier alpha value is -3.69. The van der Waals surface area contributed by atoms with E-state index in [0.29, 0.717) is 22.5 Å². The highest BCUT2D eigenvalue weighted by molar-refractivity contribution is 7.99. The highest BCUT2D eigenvalue weighted by Gasteiger charge is 2.16. The number of hydrogen-bond donors (Lipinski definition) is 2. The highest BCUT2D eigenvalue weighted by atomic mass is 35.5. The summed E-state index contributed by atoms with van der Waals surface area (Å²) in [6.45, 7) is 2.40. The van der Waals surface area contributed by atoms with Crippen molar-refractivity contribution in [2.75, 3.05) is 11.1 Å². The second-order valence-electron chi connectivity index (χ2n) is 7.49. The maximum absolute atomic E-state index is 13.7. The van der Waals surface area contributed by atoms with Gasteiger partial charge in [0.05, 0.1) is 18.5 Å². The quantitative estimate of drug-likeness (QED) is 0.184. The van der Waals surface area contributed by atoms with Gasteiger partial charge in [0.25, 0.3) is 5.91 Å². The van der Waals surface area contributed by atoms with Crippen LogP contribution in [0.3, 0.4) is 0 Å². The number of anilines is 1. The van der Waals surface area contributed by atoms with Crippen LogP contribution in [-0.2, 0) is 11.3 Å². The van der Waals surface area contributed by atoms with Crippen LogP contribution in [0, 0.1) is 12.7 Å². The Labute approximate surface area is 211 Å². The third kappa shape index (κ3) is 6.46. The van der Waals surface area contributed by atoms with Crippen molar-refractivity contribution in [1.29, 1.82) is 0 Å². The Kier molecular flexibility index (Phi) is 8.12. The van der Waals surface area contributed by atoms with Gasteiger partial charge in [-0.3, -0.25) is 9.36 Å². The number of carbonyl (C=O) groups is 1. The molecule has 0 aliphatic heterocycles. The number of nitrogens with zero attached hydrogens (tertiary/aromatic N) is 4. The molecule has 10 heteroatoms. The average molecular weight is 509 g/mol. The van der Waals surface area contributed by atoms with Crippen LogP contribution in [0.25, 0.3) is 5.69 Å². The summed E-state index contributed by atoms with van der Waals surface area (Å²) in [5, 5.41) is 17.1. The van der Waals surface area contributed by atoms with Crippen molar-refractivity contribution >= 4 is 41.2 Å². The molecule has 1 aromatic heterocycles. The molecule has 0 aliphatic carbocycles. The predicted octanol–water partition coefficient (Wildman–Crippen LogP) is 5.22. The minimum absolute atomic E-state index is 0.0588. The van der Waals surface area contributed by atoms with Gasteiger partial charge in [-0.15, -0.1) is 10.2 Å². The largest absolute Gasteiger partial charge is 0.378 e. The fourth-order valence-corrected chi connectivity index (χ4v) is 4.25. The standard InChI is InChI=1S/C25H22ClFN6OS/c1-17-13-19(26)11-12-22(17)28-15-23-30-32-25(33(23)20-8-3-2-4-9-20)35-16-24(34)31-29-14-18-7-5-6-10-21(18)27/h2-14,28H,15-16H2,1H3,(H,31,34)/b29-14+. The number of aromatic nitrogens is 3. The van der Waals surface area contributed by atoms with E-state index in [-0.39, 0.29) is 17.2 Å². The second kappa shape index (κ2) is 11.6. The van der Waals surface area contributed by atoms with E-state index in [4.69, 9.17) is 11.6 Å². The van der Waals surface area contributed by atoms with E-state index in [9.17, 15) is 9.18 Å². The number of thioether (sulfide) groups is 1. The van der Waals surface area contributed by atoms with Gasteiger partial charge >= 0.3 is 0 Å². The van der Waals surface area contributed by atoms with Gasteiger partial charge in [-0.05, 0) is 48.9 Å². The Morgan fingerprint density at radius 1 is 1.11 bits per heavy atom. The minimum atomic E-state index is -0.411. The Morgan fingerprint density at radius 2 is 1.89 bits per heavy atom. The predicted molar refractivity (Wildman–Crippen MR) is 138 cm³/mol. The molecular formula is C25H22ClFN6OS. The number of carbonyl (C=O) groups excluding carboxylic acids is 1. The molecule has 0 bridgehead atoms. The van der Waals surface area contributed by atoms with E-state index in [1.54, 1.807) is 18.2 Å². The number of hydrogen-bond acceptors (Lipinski definition) is 6. The Bertz CT molecular complexity index is 1350. The Balaban J connectivity index is 1.45. The molecular weight excluding hydrogens is 487 g/mol. The van der Waals surface area contributed by atoms with Crippen LogP contribution in [0.15, 0.2) is 83.1 Å². The summed E-state index contributed by atoms with van der Waals surface area (Å²) in [5.41, 5.74) is 5.54. The lowest BCUT2D eigenvalue weighted by molar-refractivity contribution is -0.118. The van der Waals surface area contributed by atoms with Crippen molar-refractivity contribution in [1.82, 2.24) is 20.2 Å². The topological polar surface area (TPSA) is 84.2 Å². The number of hydrazone groups is 1. The number of amides is 1. The van der Waals surface area contributed by atoms with Gasteiger partial charge in [-0.25, -0.2) is 9.82 Å². The first-order valence-electron chi connectivity index (χ1n) is 10.7. The fourth-order valence-electron chi connectivity index (χ4n) is 3.26. The summed E-state index contributed by atoms with van der Waals surface area (Å²) >= 11 is 7.29. The van der Waals surface area contributed by atoms with Crippen LogP contribution in [0.1, 0.15) is 17.0 Å². The van der Waals surface area contributed by atoms with Gasteiger partial charge in [-0.2, -0.15) is 5.10 Å². The normalized spacial score (nSPS) is 11.1. The third-order valence-electron chi connectivity index (χ3n) is 4.97. The minimum Gasteiger partial charge on any atom is -0.378 e. The van der Waals surface area contributed by atoms with E-state index in [2.05, 4.69) is 26.0 Å². The van der Waals surface area contributed by atoms with Crippen molar-refractivity contribution in [2.24, 2.45) is 5.10 Å². The lowest BCUT2D eigenvalue weighted by Gasteiger charge is -2.12. The maximum Gasteiger partial charge on any atom is 0.250 e. The average Bonchev–Trinajstić information content (AvgIpc) is 3.27. The van der Waals surface area contributed by atoms with Crippen molar-refractivity contribution in [3.63, 3.8) is 0 Å². The molecule has 4 rings (SSSR count). The van der Waals surface area contributed by atoms with Crippen LogP contribution in [0.5, 0.6) is 0 Å². The summed E-state index contributed by atoms with van der Waals surface area (Å²) in [6, 6.07) is 21.5. The summed E-state index contributed by atoms with van der Waals surface area (Å²) in [7, 11) is 0. The molecule has 1 heterocycles. The first-order chi connectivity index (χ1) is 17.0.